The standard InChI is InChI=1S/C20H33P/c1-4-7-9-13-17-21(18-14-10-8-5-2)20-16-12-11-15-19(20)6-3/h6,11-12,15-16H,3-5,7-10,13-14,17-18H2,1-2H3. The lowest BCUT2D eigenvalue weighted by atomic mass is 10.2. The normalized spacial score (nSPS) is 11.0. The minimum atomic E-state index is 0.0131. The van der Waals surface area contributed by atoms with Crippen molar-refractivity contribution in [2.45, 2.75) is 65.2 Å². The molecule has 21 heavy (non-hydrogen) atoms. The molecule has 0 unspecified atom stereocenters. The maximum Gasteiger partial charge on any atom is -0.0168 e. The molecule has 0 heterocycles. The molecule has 0 saturated carbocycles. The molecule has 0 aliphatic rings. The number of hydrogen-bond acceptors (Lipinski definition) is 0. The second-order valence-electron chi connectivity index (χ2n) is 5.87. The lowest BCUT2D eigenvalue weighted by Crippen LogP contribution is -2.10. The molecule has 0 aliphatic carbocycles. The van der Waals surface area contributed by atoms with Gasteiger partial charge in [-0.05, 0) is 36.0 Å². The van der Waals surface area contributed by atoms with Crippen LogP contribution in [-0.2, 0) is 0 Å². The summed E-state index contributed by atoms with van der Waals surface area (Å²) in [6.45, 7) is 8.59. The molecule has 0 aromatic heterocycles. The average molecular weight is 304 g/mol. The lowest BCUT2D eigenvalue weighted by molar-refractivity contribution is 0.697. The molecule has 0 spiro atoms. The van der Waals surface area contributed by atoms with Crippen LogP contribution in [0.25, 0.3) is 6.08 Å². The number of benzene rings is 1. The zero-order valence-corrected chi connectivity index (χ0v) is 15.0. The monoisotopic (exact) mass is 304 g/mol. The molecule has 0 radical (unpaired) electrons. The Balaban J connectivity index is 2.63. The van der Waals surface area contributed by atoms with Crippen LogP contribution < -0.4 is 5.30 Å². The zero-order valence-electron chi connectivity index (χ0n) is 14.1. The summed E-state index contributed by atoms with van der Waals surface area (Å²) in [5.41, 5.74) is 1.37. The maximum atomic E-state index is 4.00. The van der Waals surface area contributed by atoms with Crippen molar-refractivity contribution in [2.75, 3.05) is 12.3 Å². The summed E-state index contributed by atoms with van der Waals surface area (Å²) in [5, 5.41) is 1.59. The first-order valence-electron chi connectivity index (χ1n) is 8.79. The predicted octanol–water partition coefficient (Wildman–Crippen LogP) is 6.60. The lowest BCUT2D eigenvalue weighted by Gasteiger charge is -2.20. The summed E-state index contributed by atoms with van der Waals surface area (Å²) in [4.78, 5) is 0. The van der Waals surface area contributed by atoms with E-state index in [0.29, 0.717) is 0 Å². The molecule has 0 fully saturated rings. The van der Waals surface area contributed by atoms with Crippen molar-refractivity contribution < 1.29 is 0 Å². The molecule has 0 bridgehead atoms. The third-order valence-corrected chi connectivity index (χ3v) is 6.86. The summed E-state index contributed by atoms with van der Waals surface area (Å²) in [5.74, 6) is 0. The molecule has 0 atom stereocenters. The molecule has 0 aliphatic heterocycles. The van der Waals surface area contributed by atoms with Crippen LogP contribution in [0.15, 0.2) is 30.8 Å². The molecular weight excluding hydrogens is 271 g/mol. The van der Waals surface area contributed by atoms with Crippen LogP contribution in [0.5, 0.6) is 0 Å². The fourth-order valence-corrected chi connectivity index (χ4v) is 5.50. The van der Waals surface area contributed by atoms with E-state index >= 15 is 0 Å². The van der Waals surface area contributed by atoms with Crippen LogP contribution in [0.3, 0.4) is 0 Å². The molecule has 0 saturated heterocycles. The minimum absolute atomic E-state index is 0.0131. The third-order valence-electron chi connectivity index (χ3n) is 4.06. The van der Waals surface area contributed by atoms with Crippen LogP contribution in [0.1, 0.15) is 70.8 Å². The second-order valence-corrected chi connectivity index (χ2v) is 8.33. The molecular formula is C20H33P. The summed E-state index contributed by atoms with van der Waals surface area (Å²) in [7, 11) is 0.0131. The van der Waals surface area contributed by atoms with E-state index in [9.17, 15) is 0 Å². The van der Waals surface area contributed by atoms with Crippen LogP contribution in [0, 0.1) is 0 Å². The highest BCUT2D eigenvalue weighted by Gasteiger charge is 2.12. The van der Waals surface area contributed by atoms with Crippen molar-refractivity contribution in [2.24, 2.45) is 0 Å². The van der Waals surface area contributed by atoms with E-state index in [1.807, 2.05) is 6.08 Å². The summed E-state index contributed by atoms with van der Waals surface area (Å²) in [6.07, 6.45) is 15.9. The van der Waals surface area contributed by atoms with Crippen molar-refractivity contribution in [3.8, 4) is 0 Å². The van der Waals surface area contributed by atoms with E-state index in [2.05, 4.69) is 44.7 Å². The van der Waals surface area contributed by atoms with Crippen molar-refractivity contribution in [3.63, 3.8) is 0 Å². The van der Waals surface area contributed by atoms with E-state index < -0.39 is 0 Å². The molecule has 0 N–H and O–H groups in total. The molecule has 0 amide bonds. The molecule has 1 rings (SSSR count). The van der Waals surface area contributed by atoms with Gasteiger partial charge in [0.25, 0.3) is 0 Å². The van der Waals surface area contributed by atoms with Crippen molar-refractivity contribution >= 4 is 19.3 Å². The highest BCUT2D eigenvalue weighted by atomic mass is 31.1. The smallest absolute Gasteiger partial charge is 0.0168 e. The highest BCUT2D eigenvalue weighted by Crippen LogP contribution is 2.38. The van der Waals surface area contributed by atoms with E-state index in [1.165, 1.54) is 69.3 Å². The zero-order chi connectivity index (χ0) is 15.3. The molecule has 1 aromatic carbocycles. The first kappa shape index (κ1) is 18.4. The average Bonchev–Trinajstić information content (AvgIpc) is 2.53. The van der Waals surface area contributed by atoms with Gasteiger partial charge in [0.1, 0.15) is 0 Å². The number of unbranched alkanes of at least 4 members (excludes halogenated alkanes) is 6. The van der Waals surface area contributed by atoms with Gasteiger partial charge in [-0.15, -0.1) is 0 Å². The first-order chi connectivity index (χ1) is 10.3. The minimum Gasteiger partial charge on any atom is -0.0984 e. The van der Waals surface area contributed by atoms with E-state index in [0.717, 1.165) is 0 Å². The topological polar surface area (TPSA) is 0 Å². The Morgan fingerprint density at radius 1 is 0.857 bits per heavy atom. The van der Waals surface area contributed by atoms with E-state index in [4.69, 9.17) is 0 Å². The summed E-state index contributed by atoms with van der Waals surface area (Å²) >= 11 is 0. The maximum absolute atomic E-state index is 4.00. The second kappa shape index (κ2) is 12.0. The number of hydrogen-bond donors (Lipinski definition) is 0. The van der Waals surface area contributed by atoms with Gasteiger partial charge in [0.2, 0.25) is 0 Å². The van der Waals surface area contributed by atoms with Gasteiger partial charge in [-0.2, -0.15) is 0 Å². The quantitative estimate of drug-likeness (QED) is 0.301. The van der Waals surface area contributed by atoms with Gasteiger partial charge < -0.3 is 0 Å². The largest absolute Gasteiger partial charge is 0.0984 e. The van der Waals surface area contributed by atoms with Gasteiger partial charge >= 0.3 is 0 Å². The van der Waals surface area contributed by atoms with Gasteiger partial charge in [0.05, 0.1) is 0 Å². The van der Waals surface area contributed by atoms with Gasteiger partial charge in [-0.25, -0.2) is 0 Å². The Hall–Kier alpha value is -0.610. The van der Waals surface area contributed by atoms with Gasteiger partial charge in [0.15, 0.2) is 0 Å². The van der Waals surface area contributed by atoms with Crippen molar-refractivity contribution in [3.05, 3.63) is 36.4 Å². The van der Waals surface area contributed by atoms with Crippen LogP contribution >= 0.6 is 7.92 Å². The Morgan fingerprint density at radius 3 is 1.95 bits per heavy atom. The highest BCUT2D eigenvalue weighted by molar-refractivity contribution is 7.65. The van der Waals surface area contributed by atoms with Crippen molar-refractivity contribution in [1.29, 1.82) is 0 Å². The third kappa shape index (κ3) is 7.28. The molecule has 0 nitrogen and oxygen atoms in total. The van der Waals surface area contributed by atoms with Crippen LogP contribution in [0.4, 0.5) is 0 Å². The molecule has 1 aromatic rings. The van der Waals surface area contributed by atoms with Crippen LogP contribution in [-0.4, -0.2) is 12.3 Å². The summed E-state index contributed by atoms with van der Waals surface area (Å²) in [6, 6.07) is 8.93. The van der Waals surface area contributed by atoms with Crippen LogP contribution in [0.2, 0.25) is 0 Å². The van der Waals surface area contributed by atoms with E-state index in [1.54, 1.807) is 5.30 Å². The number of rotatable bonds is 12. The van der Waals surface area contributed by atoms with Gasteiger partial charge in [-0.3, -0.25) is 0 Å². The fourth-order valence-electron chi connectivity index (χ4n) is 2.76. The SMILES string of the molecule is C=Cc1ccccc1P(CCCCCC)CCCCCC. The predicted molar refractivity (Wildman–Crippen MR) is 101 cm³/mol. The Morgan fingerprint density at radius 2 is 1.43 bits per heavy atom. The van der Waals surface area contributed by atoms with Crippen molar-refractivity contribution in [1.82, 2.24) is 0 Å². The Bertz CT molecular complexity index is 371. The first-order valence-corrected chi connectivity index (χ1v) is 10.5. The van der Waals surface area contributed by atoms with Gasteiger partial charge in [0, 0.05) is 0 Å². The fraction of sp³-hybridized carbons (Fsp3) is 0.600. The molecule has 118 valence electrons. The molecule has 1 heteroatoms. The summed E-state index contributed by atoms with van der Waals surface area (Å²) < 4.78 is 0. The Labute approximate surface area is 133 Å². The van der Waals surface area contributed by atoms with E-state index in [-0.39, 0.29) is 7.92 Å². The van der Waals surface area contributed by atoms with Gasteiger partial charge in [-0.1, -0.05) is 97.2 Å². The Kier molecular flexibility index (Phi) is 10.5.